The maximum Gasteiger partial charge on any atom is 0.221 e. The average Bonchev–Trinajstić information content (AvgIpc) is 2.93. The topological polar surface area (TPSA) is 44.4 Å². The van der Waals surface area contributed by atoms with Crippen molar-refractivity contribution in [1.82, 2.24) is 5.32 Å². The van der Waals surface area contributed by atoms with Gasteiger partial charge in [0, 0.05) is 44.5 Å². The fourth-order valence-electron chi connectivity index (χ4n) is 2.21. The second-order valence-corrected chi connectivity index (χ2v) is 4.59. The monoisotopic (exact) mass is 247 g/mol. The first-order chi connectivity index (χ1) is 8.79. The van der Waals surface area contributed by atoms with E-state index in [4.69, 9.17) is 0 Å². The molecule has 0 aromatic heterocycles. The van der Waals surface area contributed by atoms with E-state index in [1.54, 1.807) is 7.05 Å². The van der Waals surface area contributed by atoms with E-state index in [1.165, 1.54) is 31.6 Å². The van der Waals surface area contributed by atoms with Gasteiger partial charge in [0.2, 0.25) is 5.91 Å². The lowest BCUT2D eigenvalue weighted by atomic mass is 10.2. The summed E-state index contributed by atoms with van der Waals surface area (Å²) in [5.41, 5.74) is 2.37. The highest BCUT2D eigenvalue weighted by atomic mass is 16.1. The van der Waals surface area contributed by atoms with Crippen LogP contribution in [0.15, 0.2) is 24.3 Å². The third kappa shape index (κ3) is 3.39. The van der Waals surface area contributed by atoms with Crippen molar-refractivity contribution in [3.8, 4) is 0 Å². The van der Waals surface area contributed by atoms with Crippen LogP contribution in [0.1, 0.15) is 19.3 Å². The molecule has 18 heavy (non-hydrogen) atoms. The van der Waals surface area contributed by atoms with Crippen molar-refractivity contribution < 1.29 is 4.79 Å². The minimum atomic E-state index is 0.0659. The van der Waals surface area contributed by atoms with Gasteiger partial charge in [-0.25, -0.2) is 0 Å². The van der Waals surface area contributed by atoms with Gasteiger partial charge in [0.1, 0.15) is 0 Å². The first-order valence-electron chi connectivity index (χ1n) is 6.59. The number of nitrogens with zero attached hydrogens (tertiary/aromatic N) is 1. The van der Waals surface area contributed by atoms with Crippen LogP contribution >= 0.6 is 0 Å². The zero-order chi connectivity index (χ0) is 12.8. The molecule has 2 N–H and O–H groups in total. The first-order valence-corrected chi connectivity index (χ1v) is 6.59. The number of nitrogens with one attached hydrogen (secondary N) is 2. The maximum atomic E-state index is 11.1. The molecule has 0 saturated carbocycles. The molecule has 1 amide bonds. The molecule has 0 unspecified atom stereocenters. The maximum absolute atomic E-state index is 11.1. The fraction of sp³-hybridized carbons (Fsp3) is 0.500. The zero-order valence-corrected chi connectivity index (χ0v) is 10.9. The second kappa shape index (κ2) is 6.28. The number of hydrogen-bond acceptors (Lipinski definition) is 3. The highest BCUT2D eigenvalue weighted by molar-refractivity contribution is 5.76. The van der Waals surface area contributed by atoms with Crippen LogP contribution in [0.5, 0.6) is 0 Å². The van der Waals surface area contributed by atoms with Crippen molar-refractivity contribution in [2.24, 2.45) is 0 Å². The van der Waals surface area contributed by atoms with Crippen LogP contribution in [0.25, 0.3) is 0 Å². The van der Waals surface area contributed by atoms with Crippen LogP contribution in [0.2, 0.25) is 0 Å². The van der Waals surface area contributed by atoms with Gasteiger partial charge in [0.15, 0.2) is 0 Å². The number of amides is 1. The lowest BCUT2D eigenvalue weighted by Crippen LogP contribution is -2.20. The van der Waals surface area contributed by atoms with Gasteiger partial charge < -0.3 is 15.5 Å². The molecule has 0 radical (unpaired) electrons. The van der Waals surface area contributed by atoms with E-state index < -0.39 is 0 Å². The Balaban J connectivity index is 1.81. The van der Waals surface area contributed by atoms with Gasteiger partial charge in [-0.1, -0.05) is 0 Å². The molecule has 4 heteroatoms. The fourth-order valence-corrected chi connectivity index (χ4v) is 2.21. The largest absolute Gasteiger partial charge is 0.385 e. The minimum Gasteiger partial charge on any atom is -0.385 e. The van der Waals surface area contributed by atoms with E-state index in [-0.39, 0.29) is 5.91 Å². The number of rotatable bonds is 5. The van der Waals surface area contributed by atoms with Crippen molar-refractivity contribution in [1.29, 1.82) is 0 Å². The van der Waals surface area contributed by atoms with Crippen LogP contribution < -0.4 is 15.5 Å². The zero-order valence-electron chi connectivity index (χ0n) is 10.9. The molecule has 0 bridgehead atoms. The Bertz CT molecular complexity index is 383. The molecule has 1 aliphatic heterocycles. The van der Waals surface area contributed by atoms with Crippen molar-refractivity contribution in [2.75, 3.05) is 36.9 Å². The van der Waals surface area contributed by atoms with Crippen LogP contribution in [0.4, 0.5) is 11.4 Å². The van der Waals surface area contributed by atoms with E-state index in [0.29, 0.717) is 13.0 Å². The molecule has 98 valence electrons. The molecule has 0 aliphatic carbocycles. The van der Waals surface area contributed by atoms with Crippen LogP contribution in [-0.4, -0.2) is 32.6 Å². The predicted molar refractivity (Wildman–Crippen MR) is 75.1 cm³/mol. The first kappa shape index (κ1) is 12.7. The summed E-state index contributed by atoms with van der Waals surface area (Å²) in [5.74, 6) is 0.0659. The third-order valence-corrected chi connectivity index (χ3v) is 3.30. The Labute approximate surface area is 108 Å². The highest BCUT2D eigenvalue weighted by Gasteiger charge is 2.11. The summed E-state index contributed by atoms with van der Waals surface area (Å²) >= 11 is 0. The van der Waals surface area contributed by atoms with Gasteiger partial charge in [-0.05, 0) is 37.1 Å². The van der Waals surface area contributed by atoms with E-state index in [9.17, 15) is 4.79 Å². The SMILES string of the molecule is CNC(=O)CCNc1ccc(N2CCCC2)cc1. The van der Waals surface area contributed by atoms with Crippen LogP contribution in [0.3, 0.4) is 0 Å². The number of carbonyl (C=O) groups is 1. The van der Waals surface area contributed by atoms with Crippen molar-refractivity contribution in [3.05, 3.63) is 24.3 Å². The van der Waals surface area contributed by atoms with E-state index >= 15 is 0 Å². The van der Waals surface area contributed by atoms with E-state index in [1.807, 2.05) is 0 Å². The summed E-state index contributed by atoms with van der Waals surface area (Å²) in [5, 5.41) is 5.86. The summed E-state index contributed by atoms with van der Waals surface area (Å²) < 4.78 is 0. The number of anilines is 2. The molecule has 1 aromatic rings. The highest BCUT2D eigenvalue weighted by Crippen LogP contribution is 2.21. The van der Waals surface area contributed by atoms with Crippen molar-refractivity contribution >= 4 is 17.3 Å². The Morgan fingerprint density at radius 1 is 1.22 bits per heavy atom. The second-order valence-electron chi connectivity index (χ2n) is 4.59. The van der Waals surface area contributed by atoms with Crippen LogP contribution in [-0.2, 0) is 4.79 Å². The number of benzene rings is 1. The van der Waals surface area contributed by atoms with Gasteiger partial charge in [0.05, 0.1) is 0 Å². The third-order valence-electron chi connectivity index (χ3n) is 3.30. The summed E-state index contributed by atoms with van der Waals surface area (Å²) in [7, 11) is 1.66. The predicted octanol–water partition coefficient (Wildman–Crippen LogP) is 1.83. The molecule has 2 rings (SSSR count). The Morgan fingerprint density at radius 2 is 1.89 bits per heavy atom. The molecule has 1 saturated heterocycles. The summed E-state index contributed by atoms with van der Waals surface area (Å²) in [6.07, 6.45) is 3.10. The summed E-state index contributed by atoms with van der Waals surface area (Å²) in [6, 6.07) is 8.45. The van der Waals surface area contributed by atoms with E-state index in [0.717, 1.165) is 5.69 Å². The summed E-state index contributed by atoms with van der Waals surface area (Å²) in [4.78, 5) is 13.5. The number of hydrogen-bond donors (Lipinski definition) is 2. The lowest BCUT2D eigenvalue weighted by Gasteiger charge is -2.17. The Hall–Kier alpha value is -1.71. The molecule has 0 spiro atoms. The Kier molecular flexibility index (Phi) is 4.45. The van der Waals surface area contributed by atoms with E-state index in [2.05, 4.69) is 39.8 Å². The van der Waals surface area contributed by atoms with Gasteiger partial charge in [-0.2, -0.15) is 0 Å². The Morgan fingerprint density at radius 3 is 2.50 bits per heavy atom. The van der Waals surface area contributed by atoms with Crippen molar-refractivity contribution in [2.45, 2.75) is 19.3 Å². The lowest BCUT2D eigenvalue weighted by molar-refractivity contribution is -0.120. The normalized spacial score (nSPS) is 14.6. The summed E-state index contributed by atoms with van der Waals surface area (Å²) in [6.45, 7) is 3.01. The average molecular weight is 247 g/mol. The van der Waals surface area contributed by atoms with Gasteiger partial charge in [-0.15, -0.1) is 0 Å². The van der Waals surface area contributed by atoms with Gasteiger partial charge in [-0.3, -0.25) is 4.79 Å². The molecule has 4 nitrogen and oxygen atoms in total. The quantitative estimate of drug-likeness (QED) is 0.834. The van der Waals surface area contributed by atoms with Gasteiger partial charge in [0.25, 0.3) is 0 Å². The molecular weight excluding hydrogens is 226 g/mol. The number of carbonyl (C=O) groups excluding carboxylic acids is 1. The van der Waals surface area contributed by atoms with Gasteiger partial charge >= 0.3 is 0 Å². The molecule has 1 fully saturated rings. The molecule has 1 aliphatic rings. The smallest absolute Gasteiger partial charge is 0.221 e. The van der Waals surface area contributed by atoms with Crippen LogP contribution in [0, 0.1) is 0 Å². The molecule has 0 atom stereocenters. The molecular formula is C14H21N3O. The van der Waals surface area contributed by atoms with Crippen molar-refractivity contribution in [3.63, 3.8) is 0 Å². The minimum absolute atomic E-state index is 0.0659. The molecule has 1 heterocycles. The molecule has 1 aromatic carbocycles. The standard InChI is InChI=1S/C14H21N3O/c1-15-14(18)8-9-16-12-4-6-13(7-5-12)17-10-2-3-11-17/h4-7,16H,2-3,8-11H2,1H3,(H,15,18).